The van der Waals surface area contributed by atoms with Gasteiger partial charge in [-0.1, -0.05) is 182 Å². The Morgan fingerprint density at radius 3 is 1.54 bits per heavy atom. The summed E-state index contributed by atoms with van der Waals surface area (Å²) in [4.78, 5) is 11.1. The van der Waals surface area contributed by atoms with Gasteiger partial charge in [-0.25, -0.2) is 9.98 Å². The maximum absolute atomic E-state index is 5.65. The molecule has 11 rings (SSSR count). The predicted octanol–water partition coefficient (Wildman–Crippen LogP) is 14.1. The Bertz CT molecular complexity index is 3260. The molecular weight excluding hydrogens is 717 g/mol. The number of rotatable bonds is 5. The fourth-order valence-electron chi connectivity index (χ4n) is 8.88. The highest BCUT2D eigenvalue weighted by atomic mass is 15.1. The quantitative estimate of drug-likeness (QED) is 0.168. The Kier molecular flexibility index (Phi) is 8.66. The van der Waals surface area contributed by atoms with Crippen LogP contribution in [0.3, 0.4) is 0 Å². The Balaban J connectivity index is 1.16. The molecule has 0 spiro atoms. The fourth-order valence-corrected chi connectivity index (χ4v) is 8.88. The van der Waals surface area contributed by atoms with Crippen molar-refractivity contribution in [2.75, 3.05) is 0 Å². The van der Waals surface area contributed by atoms with E-state index in [2.05, 4.69) is 215 Å². The van der Waals surface area contributed by atoms with Crippen LogP contribution < -0.4 is 0 Å². The van der Waals surface area contributed by atoms with Crippen molar-refractivity contribution in [3.8, 4) is 27.9 Å². The van der Waals surface area contributed by atoms with E-state index in [-0.39, 0.29) is 0 Å². The Morgan fingerprint density at radius 1 is 0.373 bits per heavy atom. The number of benzene rings is 8. The first kappa shape index (κ1) is 34.7. The van der Waals surface area contributed by atoms with Gasteiger partial charge in [0.2, 0.25) is 0 Å². The lowest BCUT2D eigenvalue weighted by Crippen LogP contribution is -2.15. The van der Waals surface area contributed by atoms with Crippen molar-refractivity contribution in [1.82, 2.24) is 9.13 Å². The number of amidine groups is 1. The van der Waals surface area contributed by atoms with Gasteiger partial charge >= 0.3 is 0 Å². The zero-order chi connectivity index (χ0) is 39.1. The average molecular weight is 757 g/mol. The van der Waals surface area contributed by atoms with Crippen LogP contribution in [0.15, 0.2) is 216 Å². The highest BCUT2D eigenvalue weighted by molar-refractivity contribution is 6.26. The van der Waals surface area contributed by atoms with Crippen molar-refractivity contribution in [3.05, 3.63) is 217 Å². The lowest BCUT2D eigenvalue weighted by atomic mass is 10.0. The van der Waals surface area contributed by atoms with E-state index < -0.39 is 0 Å². The molecule has 0 saturated heterocycles. The Labute approximate surface area is 343 Å². The molecule has 0 N–H and O–H groups in total. The maximum atomic E-state index is 5.65. The van der Waals surface area contributed by atoms with Crippen LogP contribution in [-0.4, -0.2) is 20.8 Å². The number of hydrogen-bond donors (Lipinski definition) is 0. The number of nitrogens with zero attached hydrogens (tertiary/aromatic N) is 4. The number of hydrogen-bond acceptors (Lipinski definition) is 2. The molecule has 2 aromatic heterocycles. The molecule has 4 nitrogen and oxygen atoms in total. The van der Waals surface area contributed by atoms with Crippen LogP contribution in [0, 0.1) is 0 Å². The maximum Gasteiger partial charge on any atom is 0.161 e. The van der Waals surface area contributed by atoms with E-state index in [4.69, 9.17) is 9.98 Å². The van der Waals surface area contributed by atoms with Gasteiger partial charge in [0.1, 0.15) is 5.84 Å². The molecule has 0 fully saturated rings. The zero-order valence-electron chi connectivity index (χ0n) is 32.5. The minimum Gasteiger partial charge on any atom is -0.307 e. The van der Waals surface area contributed by atoms with Crippen molar-refractivity contribution < 1.29 is 0 Å². The van der Waals surface area contributed by atoms with Gasteiger partial charge in [0.25, 0.3) is 0 Å². The molecular formula is C55H40N4. The van der Waals surface area contributed by atoms with Gasteiger partial charge in [0, 0.05) is 39.2 Å². The number of aromatic nitrogens is 2. The largest absolute Gasteiger partial charge is 0.307 e. The topological polar surface area (TPSA) is 34.6 Å². The number of para-hydroxylation sites is 2. The summed E-state index contributed by atoms with van der Waals surface area (Å²) in [5.41, 5.74) is 13.5. The van der Waals surface area contributed by atoms with E-state index in [1.807, 2.05) is 0 Å². The molecule has 0 unspecified atom stereocenters. The van der Waals surface area contributed by atoms with Crippen LogP contribution in [0.2, 0.25) is 0 Å². The third-order valence-corrected chi connectivity index (χ3v) is 11.7. The molecule has 0 amide bonds. The third-order valence-electron chi connectivity index (χ3n) is 11.7. The second-order valence-corrected chi connectivity index (χ2v) is 15.2. The first-order valence-corrected chi connectivity index (χ1v) is 20.5. The first-order valence-electron chi connectivity index (χ1n) is 20.5. The number of fused-ring (bicyclic) bond motifs is 7. The molecule has 0 saturated carbocycles. The van der Waals surface area contributed by atoms with Crippen molar-refractivity contribution >= 4 is 61.0 Å². The minimum atomic E-state index is 0.704. The summed E-state index contributed by atoms with van der Waals surface area (Å²) in [6.45, 7) is 0. The van der Waals surface area contributed by atoms with Gasteiger partial charge in [-0.2, -0.15) is 0 Å². The Morgan fingerprint density at radius 2 is 0.881 bits per heavy atom. The van der Waals surface area contributed by atoms with E-state index >= 15 is 0 Å². The normalized spacial score (nSPS) is 16.2. The molecule has 1 aliphatic heterocycles. The standard InChI is InChI=1S/C55H40N4/c1-4-17-38(18-5-1)40-31-33-41(34-32-40)49-27-12-15-30-52(57-55(56-49)42-21-8-3-9-22-42)59-51-29-14-11-26-46(51)48-36-35-47-45-25-10-13-28-50(45)58(53(47)54(48)59)44-24-16-23-43(37-44)39-19-6-2-7-20-39/h1-11,13-14,16-29,31-37H,12,15,30H2/b49-27+,56-55-,57-52+. The molecule has 4 heteroatoms. The van der Waals surface area contributed by atoms with Gasteiger partial charge in [-0.15, -0.1) is 0 Å². The second kappa shape index (κ2) is 14.7. The van der Waals surface area contributed by atoms with Gasteiger partial charge < -0.3 is 4.57 Å². The minimum absolute atomic E-state index is 0.704. The van der Waals surface area contributed by atoms with Crippen LogP contribution in [0.5, 0.6) is 0 Å². The highest BCUT2D eigenvalue weighted by Gasteiger charge is 2.23. The zero-order valence-corrected chi connectivity index (χ0v) is 32.5. The second-order valence-electron chi connectivity index (χ2n) is 15.2. The van der Waals surface area contributed by atoms with Gasteiger partial charge in [0.05, 0.1) is 27.8 Å². The monoisotopic (exact) mass is 756 g/mol. The summed E-state index contributed by atoms with van der Waals surface area (Å²) in [6, 6.07) is 71.6. The molecule has 0 bridgehead atoms. The van der Waals surface area contributed by atoms with Crippen LogP contribution in [0.25, 0.3) is 77.2 Å². The molecule has 59 heavy (non-hydrogen) atoms. The Hall–Kier alpha value is -7.56. The molecule has 10 aromatic rings. The van der Waals surface area contributed by atoms with E-state index in [0.29, 0.717) is 5.84 Å². The summed E-state index contributed by atoms with van der Waals surface area (Å²) in [5.74, 6) is 1.69. The van der Waals surface area contributed by atoms with E-state index in [1.54, 1.807) is 0 Å². The predicted molar refractivity (Wildman–Crippen MR) is 249 cm³/mol. The van der Waals surface area contributed by atoms with Crippen molar-refractivity contribution in [3.63, 3.8) is 0 Å². The lowest BCUT2D eigenvalue weighted by molar-refractivity contribution is 0.877. The van der Waals surface area contributed by atoms with Gasteiger partial charge in [-0.05, 0) is 64.9 Å². The number of allylic oxidation sites excluding steroid dienone is 1. The summed E-state index contributed by atoms with van der Waals surface area (Å²) in [7, 11) is 0. The van der Waals surface area contributed by atoms with E-state index in [0.717, 1.165) is 58.6 Å². The number of aliphatic imine (C=N–C) groups is 2. The molecule has 8 aromatic carbocycles. The summed E-state index contributed by atoms with van der Waals surface area (Å²) in [6.07, 6.45) is 4.87. The van der Waals surface area contributed by atoms with Crippen LogP contribution in [0.1, 0.15) is 30.4 Å². The van der Waals surface area contributed by atoms with Gasteiger partial charge in [-0.3, -0.25) is 4.57 Å². The van der Waals surface area contributed by atoms with Gasteiger partial charge in [0.15, 0.2) is 5.84 Å². The lowest BCUT2D eigenvalue weighted by Gasteiger charge is -2.15. The summed E-state index contributed by atoms with van der Waals surface area (Å²) < 4.78 is 4.91. The molecule has 0 radical (unpaired) electrons. The smallest absolute Gasteiger partial charge is 0.161 e. The van der Waals surface area contributed by atoms with E-state index in [9.17, 15) is 0 Å². The molecule has 280 valence electrons. The molecule has 0 atom stereocenters. The third kappa shape index (κ3) is 6.18. The van der Waals surface area contributed by atoms with Crippen molar-refractivity contribution in [2.45, 2.75) is 19.3 Å². The van der Waals surface area contributed by atoms with Crippen LogP contribution in [-0.2, 0) is 0 Å². The van der Waals surface area contributed by atoms with Crippen LogP contribution in [0.4, 0.5) is 0 Å². The van der Waals surface area contributed by atoms with Crippen molar-refractivity contribution in [2.24, 2.45) is 9.98 Å². The fraction of sp³-hybridized carbons (Fsp3) is 0.0545. The summed E-state index contributed by atoms with van der Waals surface area (Å²) >= 11 is 0. The first-order chi connectivity index (χ1) is 29.3. The highest BCUT2D eigenvalue weighted by Crippen LogP contribution is 2.41. The summed E-state index contributed by atoms with van der Waals surface area (Å²) in [5, 5.41) is 4.85. The van der Waals surface area contributed by atoms with Crippen molar-refractivity contribution in [1.29, 1.82) is 0 Å². The van der Waals surface area contributed by atoms with Crippen LogP contribution >= 0.6 is 0 Å². The average Bonchev–Trinajstić information content (AvgIpc) is 3.86. The molecule has 0 aliphatic carbocycles. The molecule has 1 aliphatic rings. The SMILES string of the molecule is C1=C(c2ccc(-c3ccccc3)cc2)/N=C(c2ccccc2)\N=C(\n2c3ccccc3c3ccc4c5ccccc5n(-c5cccc(-c6ccccc6)c5)c4c32)CCC/1. The van der Waals surface area contributed by atoms with E-state index in [1.165, 1.54) is 54.8 Å². The molecule has 3 heterocycles.